The van der Waals surface area contributed by atoms with Crippen LogP contribution in [0.3, 0.4) is 0 Å². The van der Waals surface area contributed by atoms with Crippen LogP contribution in [0.1, 0.15) is 18.2 Å². The van der Waals surface area contributed by atoms with Crippen molar-refractivity contribution in [2.75, 3.05) is 10.9 Å². The lowest BCUT2D eigenvalue weighted by Crippen LogP contribution is -2.21. The molecule has 1 atom stereocenters. The van der Waals surface area contributed by atoms with Crippen molar-refractivity contribution < 1.29 is 18.3 Å². The van der Waals surface area contributed by atoms with E-state index in [9.17, 15) is 13.6 Å². The summed E-state index contributed by atoms with van der Waals surface area (Å²) in [5, 5.41) is 2.00. The Bertz CT molecular complexity index is 1020. The summed E-state index contributed by atoms with van der Waals surface area (Å²) in [7, 11) is 0. The molecule has 2 heterocycles. The molecule has 142 valence electrons. The van der Waals surface area contributed by atoms with Gasteiger partial charge in [-0.2, -0.15) is 0 Å². The minimum atomic E-state index is -2.59. The Kier molecular flexibility index (Phi) is 6.11. The maximum absolute atomic E-state index is 12.0. The number of carbonyl (C=O) groups excluding carboxylic acids is 1. The van der Waals surface area contributed by atoms with Gasteiger partial charge in [-0.1, -0.05) is 17.7 Å². The van der Waals surface area contributed by atoms with Crippen LogP contribution in [0.4, 0.5) is 10.8 Å². The summed E-state index contributed by atoms with van der Waals surface area (Å²) in [6, 6.07) is 10.3. The zero-order chi connectivity index (χ0) is 19.6. The Morgan fingerprint density at radius 3 is 2.85 bits per heavy atom. The fourth-order valence-corrected chi connectivity index (χ4v) is 4.76. The zero-order valence-electron chi connectivity index (χ0n) is 14.6. The van der Waals surface area contributed by atoms with E-state index in [-0.39, 0.29) is 18.8 Å². The van der Waals surface area contributed by atoms with E-state index in [0.717, 1.165) is 20.0 Å². The molecule has 6 nitrogen and oxygen atoms in total. The number of pyridine rings is 1. The molecule has 0 radical (unpaired) electrons. The van der Waals surface area contributed by atoms with Gasteiger partial charge in [0.25, 0.3) is 0 Å². The predicted octanol–water partition coefficient (Wildman–Crippen LogP) is 4.30. The number of halogens is 1. The fraction of sp³-hybridized carbons (Fsp3) is 0.222. The molecular formula is C18H16ClN2O4S2-. The standard InChI is InChI=1S/C18H17ClN2O4S2/c1-3-25-17(22)10-13-5-4-6-16(20-13)21(27(23)24)18-11(2)14-9-12(19)7-8-15(14)26-18/h4-9H,3,10H2,1-2H3,(H,23,24)/p-1. The Morgan fingerprint density at radius 2 is 2.15 bits per heavy atom. The molecule has 0 saturated heterocycles. The van der Waals surface area contributed by atoms with Crippen molar-refractivity contribution in [2.24, 2.45) is 0 Å². The van der Waals surface area contributed by atoms with Crippen molar-refractivity contribution in [1.82, 2.24) is 4.98 Å². The van der Waals surface area contributed by atoms with Gasteiger partial charge < -0.3 is 9.29 Å². The smallest absolute Gasteiger partial charge is 0.311 e. The van der Waals surface area contributed by atoms with E-state index >= 15 is 0 Å². The molecule has 0 spiro atoms. The topological polar surface area (TPSA) is 82.6 Å². The molecule has 0 aliphatic carbocycles. The van der Waals surface area contributed by atoms with Crippen molar-refractivity contribution in [3.63, 3.8) is 0 Å². The monoisotopic (exact) mass is 423 g/mol. The highest BCUT2D eigenvalue weighted by molar-refractivity contribution is 7.81. The summed E-state index contributed by atoms with van der Waals surface area (Å²) in [6.07, 6.45) is -0.0258. The Labute approximate surface area is 168 Å². The lowest BCUT2D eigenvalue weighted by Gasteiger charge is -2.25. The van der Waals surface area contributed by atoms with E-state index in [0.29, 0.717) is 15.7 Å². The molecule has 0 amide bonds. The molecule has 9 heteroatoms. The summed E-state index contributed by atoms with van der Waals surface area (Å²) in [5.74, 6) is -0.199. The molecule has 1 aromatic carbocycles. The molecule has 3 rings (SSSR count). The molecular weight excluding hydrogens is 408 g/mol. The van der Waals surface area contributed by atoms with Gasteiger partial charge in [0.15, 0.2) is 0 Å². The van der Waals surface area contributed by atoms with Crippen LogP contribution in [0.15, 0.2) is 36.4 Å². The number of anilines is 2. The molecule has 0 aliphatic rings. The highest BCUT2D eigenvalue weighted by Crippen LogP contribution is 2.41. The molecule has 3 aromatic rings. The van der Waals surface area contributed by atoms with E-state index in [1.54, 1.807) is 31.2 Å². The minimum Gasteiger partial charge on any atom is -0.755 e. The number of benzene rings is 1. The van der Waals surface area contributed by atoms with Crippen molar-refractivity contribution in [3.8, 4) is 0 Å². The maximum Gasteiger partial charge on any atom is 0.311 e. The molecule has 0 aliphatic heterocycles. The van der Waals surface area contributed by atoms with Gasteiger partial charge in [-0.3, -0.25) is 9.00 Å². The first-order valence-electron chi connectivity index (χ1n) is 8.10. The van der Waals surface area contributed by atoms with Gasteiger partial charge >= 0.3 is 5.97 Å². The van der Waals surface area contributed by atoms with Gasteiger partial charge in [-0.15, -0.1) is 11.3 Å². The molecule has 0 fully saturated rings. The highest BCUT2D eigenvalue weighted by atomic mass is 35.5. The average molecular weight is 424 g/mol. The van der Waals surface area contributed by atoms with E-state index in [1.807, 2.05) is 19.1 Å². The normalized spacial score (nSPS) is 12.1. The summed E-state index contributed by atoms with van der Waals surface area (Å²) in [4.78, 5) is 16.0. The second-order valence-corrected chi connectivity index (χ2v) is 7.92. The van der Waals surface area contributed by atoms with Gasteiger partial charge in [0, 0.05) is 9.72 Å². The van der Waals surface area contributed by atoms with Crippen molar-refractivity contribution in [3.05, 3.63) is 52.7 Å². The van der Waals surface area contributed by atoms with Crippen LogP contribution in [0.2, 0.25) is 5.02 Å². The van der Waals surface area contributed by atoms with Crippen LogP contribution >= 0.6 is 22.9 Å². The van der Waals surface area contributed by atoms with Crippen molar-refractivity contribution >= 4 is 61.1 Å². The van der Waals surface area contributed by atoms with Gasteiger partial charge in [-0.25, -0.2) is 9.29 Å². The molecule has 1 unspecified atom stereocenters. The first-order chi connectivity index (χ1) is 12.9. The number of ether oxygens (including phenoxy) is 1. The molecule has 0 saturated carbocycles. The molecule has 2 aromatic heterocycles. The van der Waals surface area contributed by atoms with Crippen LogP contribution in [-0.4, -0.2) is 26.3 Å². The number of fused-ring (bicyclic) bond motifs is 1. The highest BCUT2D eigenvalue weighted by Gasteiger charge is 2.20. The molecule has 27 heavy (non-hydrogen) atoms. The van der Waals surface area contributed by atoms with E-state index in [2.05, 4.69) is 4.98 Å². The van der Waals surface area contributed by atoms with Gasteiger partial charge in [0.05, 0.1) is 30.0 Å². The number of rotatable bonds is 6. The van der Waals surface area contributed by atoms with Crippen molar-refractivity contribution in [1.29, 1.82) is 0 Å². The number of hydrogen-bond donors (Lipinski definition) is 0. The summed E-state index contributed by atoms with van der Waals surface area (Å²) in [5.41, 5.74) is 1.22. The number of nitrogens with zero attached hydrogens (tertiary/aromatic N) is 2. The van der Waals surface area contributed by atoms with Crippen LogP contribution < -0.4 is 4.31 Å². The average Bonchev–Trinajstić information content (AvgIpc) is 2.92. The van der Waals surface area contributed by atoms with E-state index < -0.39 is 17.2 Å². The first-order valence-corrected chi connectivity index (χ1v) is 10.3. The SMILES string of the molecule is CCOC(=O)Cc1cccc(N(c2sc3ccc(Cl)cc3c2C)S(=O)[O-])n1. The lowest BCUT2D eigenvalue weighted by molar-refractivity contribution is -0.142. The van der Waals surface area contributed by atoms with E-state index in [4.69, 9.17) is 16.3 Å². The third kappa shape index (κ3) is 4.30. The second kappa shape index (κ2) is 8.35. The fourth-order valence-electron chi connectivity index (χ4n) is 2.66. The van der Waals surface area contributed by atoms with Gasteiger partial charge in [0.2, 0.25) is 0 Å². The van der Waals surface area contributed by atoms with Crippen LogP contribution in [0.25, 0.3) is 10.1 Å². The maximum atomic E-state index is 12.0. The van der Waals surface area contributed by atoms with Crippen LogP contribution in [0.5, 0.6) is 0 Å². The number of hydrogen-bond acceptors (Lipinski definition) is 6. The number of thiophene rings is 1. The summed E-state index contributed by atoms with van der Waals surface area (Å²) < 4.78 is 31.0. The van der Waals surface area contributed by atoms with Crippen LogP contribution in [-0.2, 0) is 27.2 Å². The van der Waals surface area contributed by atoms with E-state index in [1.165, 1.54) is 11.3 Å². The number of carbonyl (C=O) groups is 1. The first kappa shape index (κ1) is 19.8. The largest absolute Gasteiger partial charge is 0.755 e. The van der Waals surface area contributed by atoms with Crippen LogP contribution in [0, 0.1) is 6.92 Å². The number of aromatic nitrogens is 1. The molecule has 0 N–H and O–H groups in total. The minimum absolute atomic E-state index is 0.0258. The zero-order valence-corrected chi connectivity index (χ0v) is 17.0. The van der Waals surface area contributed by atoms with Gasteiger partial charge in [-0.05, 0) is 55.1 Å². The Hall–Kier alpha value is -2.00. The second-order valence-electron chi connectivity index (χ2n) is 5.65. The number of aryl methyl sites for hydroxylation is 1. The van der Waals surface area contributed by atoms with Crippen molar-refractivity contribution in [2.45, 2.75) is 20.3 Å². The molecule has 0 bridgehead atoms. The van der Waals surface area contributed by atoms with Gasteiger partial charge in [0.1, 0.15) is 10.8 Å². The third-order valence-electron chi connectivity index (χ3n) is 3.84. The quantitative estimate of drug-likeness (QED) is 0.436. The Balaban J connectivity index is 2.03. The lowest BCUT2D eigenvalue weighted by atomic mass is 10.2. The predicted molar refractivity (Wildman–Crippen MR) is 107 cm³/mol. The number of esters is 1. The third-order valence-corrected chi connectivity index (χ3v) is 6.11. The summed E-state index contributed by atoms with van der Waals surface area (Å²) >= 11 is 4.81. The summed E-state index contributed by atoms with van der Waals surface area (Å²) in [6.45, 7) is 3.84. The Morgan fingerprint density at radius 1 is 1.37 bits per heavy atom.